The molecule has 1 amide bonds. The molecule has 5 heteroatoms. The molecule has 0 radical (unpaired) electrons. The number of ether oxygens (including phenoxy) is 3. The molecule has 2 aliphatic rings. The summed E-state index contributed by atoms with van der Waals surface area (Å²) in [5.74, 6) is 2.40. The van der Waals surface area contributed by atoms with Crippen LogP contribution in [-0.2, 0) is 11.0 Å². The number of aryl methyl sites for hydroxylation is 1. The smallest absolute Gasteiger partial charge is 0.255 e. The van der Waals surface area contributed by atoms with E-state index in [1.165, 1.54) is 33.4 Å². The van der Waals surface area contributed by atoms with Crippen molar-refractivity contribution in [3.8, 4) is 39.5 Å². The van der Waals surface area contributed by atoms with E-state index >= 15 is 0 Å². The SMILES string of the molecule is CCCCOc1ccc(C2(c3ccc(OCCCC)cc3)C=Cc3c4c(c5cc(NC(=O)c6ccc(C)cc6)ccc5c3O2)-c2ccc(-c3ccccc3)cc2C4(CCC)CCC)cc1. The molecule has 0 fully saturated rings. The van der Waals surface area contributed by atoms with Crippen LogP contribution in [0.3, 0.4) is 0 Å². The molecule has 0 bridgehead atoms. The van der Waals surface area contributed by atoms with Gasteiger partial charge in [0.1, 0.15) is 17.2 Å². The maximum absolute atomic E-state index is 13.8. The third kappa shape index (κ3) is 8.22. The highest BCUT2D eigenvalue weighted by Gasteiger charge is 2.48. The first-order chi connectivity index (χ1) is 31.8. The number of unbranched alkanes of at least 4 members (excludes halogenated alkanes) is 2. The molecule has 1 heterocycles. The van der Waals surface area contributed by atoms with Gasteiger partial charge in [-0.15, -0.1) is 0 Å². The van der Waals surface area contributed by atoms with Gasteiger partial charge < -0.3 is 19.5 Å². The van der Waals surface area contributed by atoms with Gasteiger partial charge in [0.15, 0.2) is 5.60 Å². The van der Waals surface area contributed by atoms with E-state index in [1.807, 2.05) is 37.3 Å². The van der Waals surface area contributed by atoms with E-state index in [1.54, 1.807) is 0 Å². The lowest BCUT2D eigenvalue weighted by Crippen LogP contribution is -2.35. The number of anilines is 1. The number of carbonyl (C=O) groups is 1. The molecule has 0 atom stereocenters. The molecule has 5 nitrogen and oxygen atoms in total. The fourth-order valence-corrected chi connectivity index (χ4v) is 10.2. The average molecular weight is 860 g/mol. The van der Waals surface area contributed by atoms with Gasteiger partial charge in [0.05, 0.1) is 13.2 Å². The van der Waals surface area contributed by atoms with Crippen LogP contribution in [0.2, 0.25) is 0 Å². The van der Waals surface area contributed by atoms with Crippen LogP contribution < -0.4 is 19.5 Å². The number of hydrogen-bond acceptors (Lipinski definition) is 4. The molecule has 7 aromatic carbocycles. The zero-order chi connectivity index (χ0) is 45.0. The van der Waals surface area contributed by atoms with Crippen LogP contribution in [0, 0.1) is 6.92 Å². The van der Waals surface area contributed by atoms with Crippen molar-refractivity contribution >= 4 is 28.4 Å². The zero-order valence-electron chi connectivity index (χ0n) is 38.6. The summed E-state index contributed by atoms with van der Waals surface area (Å²) in [6.45, 7) is 12.4. The van der Waals surface area contributed by atoms with Gasteiger partial charge in [-0.2, -0.15) is 0 Å². The molecular weight excluding hydrogens is 799 g/mol. The van der Waals surface area contributed by atoms with Crippen molar-refractivity contribution in [1.29, 1.82) is 0 Å². The van der Waals surface area contributed by atoms with Crippen molar-refractivity contribution in [3.63, 3.8) is 0 Å². The molecule has 1 N–H and O–H groups in total. The van der Waals surface area contributed by atoms with E-state index in [2.05, 4.69) is 154 Å². The topological polar surface area (TPSA) is 56.8 Å². The lowest BCUT2D eigenvalue weighted by Gasteiger charge is -2.40. The van der Waals surface area contributed by atoms with Crippen LogP contribution in [0.15, 0.2) is 146 Å². The molecule has 330 valence electrons. The van der Waals surface area contributed by atoms with Gasteiger partial charge in [-0.25, -0.2) is 0 Å². The largest absolute Gasteiger partial charge is 0.494 e. The van der Waals surface area contributed by atoms with Crippen LogP contribution in [0.1, 0.15) is 123 Å². The second-order valence-corrected chi connectivity index (χ2v) is 17.9. The first-order valence-electron chi connectivity index (χ1n) is 23.9. The Labute approximate surface area is 385 Å². The van der Waals surface area contributed by atoms with Gasteiger partial charge in [0, 0.05) is 38.7 Å². The number of nitrogens with one attached hydrogen (secondary N) is 1. The van der Waals surface area contributed by atoms with Crippen molar-refractivity contribution in [2.24, 2.45) is 0 Å². The van der Waals surface area contributed by atoms with Crippen molar-refractivity contribution in [2.75, 3.05) is 18.5 Å². The molecular formula is C60H61NO4. The van der Waals surface area contributed by atoms with Crippen molar-refractivity contribution in [1.82, 2.24) is 0 Å². The third-order valence-corrected chi connectivity index (χ3v) is 13.5. The van der Waals surface area contributed by atoms with Crippen LogP contribution in [0.25, 0.3) is 39.1 Å². The van der Waals surface area contributed by atoms with Gasteiger partial charge in [0.25, 0.3) is 5.91 Å². The predicted octanol–water partition coefficient (Wildman–Crippen LogP) is 15.6. The number of amides is 1. The summed E-state index contributed by atoms with van der Waals surface area (Å²) < 4.78 is 20.1. The van der Waals surface area contributed by atoms with Crippen LogP contribution >= 0.6 is 0 Å². The standard InChI is InChI=1S/C60H61NO4/c1-6-10-37-63-48-27-22-45(23-28-48)60(46-24-29-49(30-25-46)64-38-11-7-2)36-33-52-56-55(51-31-21-44(42-15-13-12-14-16-42)39-54(51)59(56,34-8-3)35-9-4)53-40-47(26-32-50(53)57(52)65-60)61-58(62)43-19-17-41(5)18-20-43/h12-33,36,39-40H,6-11,34-35,37-38H2,1-5H3,(H,61,62). The van der Waals surface area contributed by atoms with Gasteiger partial charge in [-0.1, -0.05) is 144 Å². The summed E-state index contributed by atoms with van der Waals surface area (Å²) in [7, 11) is 0. The highest BCUT2D eigenvalue weighted by atomic mass is 16.5. The maximum atomic E-state index is 13.8. The lowest BCUT2D eigenvalue weighted by atomic mass is 9.69. The fourth-order valence-electron chi connectivity index (χ4n) is 10.2. The number of rotatable bonds is 17. The average Bonchev–Trinajstić information content (AvgIpc) is 3.61. The Morgan fingerprint density at radius 1 is 0.631 bits per heavy atom. The minimum absolute atomic E-state index is 0.138. The fraction of sp³-hybridized carbons (Fsp3) is 0.283. The Hall–Kier alpha value is -6.59. The van der Waals surface area contributed by atoms with Crippen molar-refractivity contribution in [3.05, 3.63) is 185 Å². The number of carbonyl (C=O) groups excluding carboxylic acids is 1. The van der Waals surface area contributed by atoms with Gasteiger partial charge >= 0.3 is 0 Å². The van der Waals surface area contributed by atoms with Gasteiger partial charge in [0.2, 0.25) is 0 Å². The molecule has 1 aliphatic heterocycles. The zero-order valence-corrected chi connectivity index (χ0v) is 38.6. The minimum atomic E-state index is -0.972. The molecule has 0 spiro atoms. The van der Waals surface area contributed by atoms with Crippen molar-refractivity contribution in [2.45, 2.75) is 97.0 Å². The van der Waals surface area contributed by atoms with Gasteiger partial charge in [-0.05, 0) is 138 Å². The van der Waals surface area contributed by atoms with Crippen molar-refractivity contribution < 1.29 is 19.0 Å². The molecule has 0 aromatic heterocycles. The Kier molecular flexibility index (Phi) is 12.7. The molecule has 0 unspecified atom stereocenters. The number of benzene rings is 7. The van der Waals surface area contributed by atoms with Gasteiger partial charge in [-0.3, -0.25) is 4.79 Å². The second-order valence-electron chi connectivity index (χ2n) is 17.9. The normalized spacial score (nSPS) is 14.0. The summed E-state index contributed by atoms with van der Waals surface area (Å²) in [4.78, 5) is 13.8. The summed E-state index contributed by atoms with van der Waals surface area (Å²) in [6, 6.07) is 48.8. The minimum Gasteiger partial charge on any atom is -0.494 e. The molecule has 0 saturated heterocycles. The van der Waals surface area contributed by atoms with E-state index in [-0.39, 0.29) is 11.3 Å². The summed E-state index contributed by atoms with van der Waals surface area (Å²) in [5.41, 5.74) is 11.9. The first-order valence-corrected chi connectivity index (χ1v) is 23.9. The first kappa shape index (κ1) is 43.7. The molecule has 0 saturated carbocycles. The highest BCUT2D eigenvalue weighted by Crippen LogP contribution is 2.61. The monoisotopic (exact) mass is 859 g/mol. The highest BCUT2D eigenvalue weighted by molar-refractivity contribution is 6.11. The van der Waals surface area contributed by atoms with Crippen LogP contribution in [0.4, 0.5) is 5.69 Å². The maximum Gasteiger partial charge on any atom is 0.255 e. The molecule has 7 aromatic rings. The van der Waals surface area contributed by atoms with E-state index in [0.29, 0.717) is 18.8 Å². The van der Waals surface area contributed by atoms with E-state index < -0.39 is 5.60 Å². The second kappa shape index (κ2) is 18.9. The molecule has 65 heavy (non-hydrogen) atoms. The van der Waals surface area contributed by atoms with E-state index in [9.17, 15) is 4.79 Å². The van der Waals surface area contributed by atoms with E-state index in [0.717, 1.165) is 107 Å². The number of fused-ring (bicyclic) bond motifs is 8. The lowest BCUT2D eigenvalue weighted by molar-refractivity contribution is 0.102. The Balaban J connectivity index is 1.27. The van der Waals surface area contributed by atoms with Crippen LogP contribution in [0.5, 0.6) is 17.2 Å². The third-order valence-electron chi connectivity index (χ3n) is 13.5. The number of hydrogen-bond donors (Lipinski definition) is 1. The Morgan fingerprint density at radius 3 is 1.86 bits per heavy atom. The Morgan fingerprint density at radius 2 is 1.26 bits per heavy atom. The molecule has 9 rings (SSSR count). The van der Waals surface area contributed by atoms with Crippen LogP contribution in [-0.4, -0.2) is 19.1 Å². The quantitative estimate of drug-likeness (QED) is 0.0927. The predicted molar refractivity (Wildman–Crippen MR) is 269 cm³/mol. The Bertz CT molecular complexity index is 2760. The summed E-state index contributed by atoms with van der Waals surface area (Å²) in [5, 5.41) is 5.33. The summed E-state index contributed by atoms with van der Waals surface area (Å²) >= 11 is 0. The molecule has 1 aliphatic carbocycles. The summed E-state index contributed by atoms with van der Waals surface area (Å²) in [6.07, 6.45) is 12.8. The van der Waals surface area contributed by atoms with E-state index in [4.69, 9.17) is 14.2 Å².